The fourth-order valence-electron chi connectivity index (χ4n) is 2.33. The summed E-state index contributed by atoms with van der Waals surface area (Å²) in [5, 5.41) is 21.4. The highest BCUT2D eigenvalue weighted by atomic mass is 16.5. The van der Waals surface area contributed by atoms with Crippen LogP contribution in [-0.4, -0.2) is 28.7 Å². The van der Waals surface area contributed by atoms with Crippen molar-refractivity contribution in [1.82, 2.24) is 0 Å². The van der Waals surface area contributed by atoms with E-state index in [0.29, 0.717) is 17.2 Å². The number of rotatable bonds is 6. The van der Waals surface area contributed by atoms with E-state index in [1.54, 1.807) is 24.3 Å². The van der Waals surface area contributed by atoms with Crippen LogP contribution in [0.25, 0.3) is 0 Å². The molecule has 7 heteroatoms. The van der Waals surface area contributed by atoms with E-state index in [-0.39, 0.29) is 11.3 Å². The zero-order valence-corrected chi connectivity index (χ0v) is 14.7. The molecule has 28 heavy (non-hydrogen) atoms. The van der Waals surface area contributed by atoms with E-state index < -0.39 is 24.2 Å². The monoisotopic (exact) mass is 379 g/mol. The predicted molar refractivity (Wildman–Crippen MR) is 102 cm³/mol. The standard InChI is InChI=1S/C21H17NO6/c23-15-8-11-18(19(24)12-15)21(26)27-13-20(25)22-14-6-9-17(10-7-14)28-16-4-2-1-3-5-16/h1-12,23-24H,13H2,(H,22,25). The number of amides is 1. The molecule has 0 aliphatic heterocycles. The summed E-state index contributed by atoms with van der Waals surface area (Å²) in [7, 11) is 0. The Bertz CT molecular complexity index is 970. The number of carbonyl (C=O) groups is 2. The van der Waals surface area contributed by atoms with Gasteiger partial charge in [-0.15, -0.1) is 0 Å². The summed E-state index contributed by atoms with van der Waals surface area (Å²) in [6, 6.07) is 19.4. The summed E-state index contributed by atoms with van der Waals surface area (Å²) in [5.41, 5.74) is 0.363. The van der Waals surface area contributed by atoms with Crippen molar-refractivity contribution in [2.45, 2.75) is 0 Å². The van der Waals surface area contributed by atoms with Crippen molar-refractivity contribution >= 4 is 17.6 Å². The number of benzene rings is 3. The number of para-hydroxylation sites is 1. The molecule has 1 amide bonds. The molecule has 3 rings (SSSR count). The van der Waals surface area contributed by atoms with Crippen LogP contribution in [-0.2, 0) is 9.53 Å². The Morgan fingerprint density at radius 3 is 2.21 bits per heavy atom. The molecule has 0 aromatic heterocycles. The minimum absolute atomic E-state index is 0.145. The van der Waals surface area contributed by atoms with Gasteiger partial charge in [0.15, 0.2) is 6.61 Å². The summed E-state index contributed by atoms with van der Waals surface area (Å²) < 4.78 is 10.5. The van der Waals surface area contributed by atoms with Crippen LogP contribution >= 0.6 is 0 Å². The Morgan fingerprint density at radius 2 is 1.54 bits per heavy atom. The van der Waals surface area contributed by atoms with Crippen molar-refractivity contribution < 1.29 is 29.3 Å². The van der Waals surface area contributed by atoms with Crippen LogP contribution in [0.1, 0.15) is 10.4 Å². The van der Waals surface area contributed by atoms with E-state index in [4.69, 9.17) is 9.47 Å². The molecule has 0 aliphatic carbocycles. The second-order valence-electron chi connectivity index (χ2n) is 5.77. The van der Waals surface area contributed by atoms with Crippen LogP contribution in [0.15, 0.2) is 72.8 Å². The Hall–Kier alpha value is -4.00. The van der Waals surface area contributed by atoms with Crippen molar-refractivity contribution in [3.05, 3.63) is 78.4 Å². The first kappa shape index (κ1) is 18.8. The average Bonchev–Trinajstić information content (AvgIpc) is 2.68. The number of ether oxygens (including phenoxy) is 2. The maximum Gasteiger partial charge on any atom is 0.342 e. The lowest BCUT2D eigenvalue weighted by atomic mass is 10.2. The van der Waals surface area contributed by atoms with Gasteiger partial charge in [-0.3, -0.25) is 4.79 Å². The van der Waals surface area contributed by atoms with E-state index in [1.807, 2.05) is 30.3 Å². The maximum atomic E-state index is 11.9. The van der Waals surface area contributed by atoms with Crippen LogP contribution in [0.2, 0.25) is 0 Å². The minimum Gasteiger partial charge on any atom is -0.508 e. The summed E-state index contributed by atoms with van der Waals surface area (Å²) in [4.78, 5) is 23.8. The van der Waals surface area contributed by atoms with E-state index in [1.165, 1.54) is 12.1 Å². The molecule has 0 unspecified atom stereocenters. The Morgan fingerprint density at radius 1 is 0.857 bits per heavy atom. The minimum atomic E-state index is -0.876. The van der Waals surface area contributed by atoms with Crippen molar-refractivity contribution in [2.24, 2.45) is 0 Å². The number of hydrogen-bond donors (Lipinski definition) is 3. The van der Waals surface area contributed by atoms with Gasteiger partial charge in [-0.05, 0) is 48.5 Å². The van der Waals surface area contributed by atoms with Crippen LogP contribution in [0.5, 0.6) is 23.0 Å². The third kappa shape index (κ3) is 5.01. The van der Waals surface area contributed by atoms with Gasteiger partial charge in [0.05, 0.1) is 0 Å². The lowest BCUT2D eigenvalue weighted by Gasteiger charge is -2.09. The summed E-state index contributed by atoms with van der Waals surface area (Å²) in [5.74, 6) is -0.726. The van der Waals surface area contributed by atoms with Crippen LogP contribution in [0.3, 0.4) is 0 Å². The summed E-state index contributed by atoms with van der Waals surface area (Å²) in [6.07, 6.45) is 0. The Balaban J connectivity index is 1.51. The number of aromatic hydroxyl groups is 2. The molecule has 0 aliphatic rings. The van der Waals surface area contributed by atoms with E-state index >= 15 is 0 Å². The van der Waals surface area contributed by atoms with Gasteiger partial charge < -0.3 is 25.0 Å². The van der Waals surface area contributed by atoms with Gasteiger partial charge in [0.2, 0.25) is 0 Å². The highest BCUT2D eigenvalue weighted by molar-refractivity contribution is 5.96. The van der Waals surface area contributed by atoms with Crippen LogP contribution in [0.4, 0.5) is 5.69 Å². The van der Waals surface area contributed by atoms with Crippen molar-refractivity contribution in [3.63, 3.8) is 0 Å². The zero-order valence-electron chi connectivity index (χ0n) is 14.7. The number of anilines is 1. The number of phenols is 2. The normalized spacial score (nSPS) is 10.1. The second-order valence-corrected chi connectivity index (χ2v) is 5.77. The molecule has 7 nitrogen and oxygen atoms in total. The molecule has 0 saturated carbocycles. The van der Waals surface area contributed by atoms with E-state index in [9.17, 15) is 19.8 Å². The summed E-state index contributed by atoms with van der Waals surface area (Å²) >= 11 is 0. The highest BCUT2D eigenvalue weighted by Gasteiger charge is 2.15. The van der Waals surface area contributed by atoms with Crippen LogP contribution < -0.4 is 10.1 Å². The van der Waals surface area contributed by atoms with Crippen molar-refractivity contribution in [1.29, 1.82) is 0 Å². The van der Waals surface area contributed by atoms with Gasteiger partial charge in [-0.25, -0.2) is 4.79 Å². The first-order valence-corrected chi connectivity index (χ1v) is 8.33. The number of esters is 1. The summed E-state index contributed by atoms with van der Waals surface area (Å²) in [6.45, 7) is -0.526. The Kier molecular flexibility index (Phi) is 5.76. The van der Waals surface area contributed by atoms with Gasteiger partial charge in [-0.2, -0.15) is 0 Å². The van der Waals surface area contributed by atoms with Crippen molar-refractivity contribution in [2.75, 3.05) is 11.9 Å². The molecular formula is C21H17NO6. The zero-order chi connectivity index (χ0) is 19.9. The largest absolute Gasteiger partial charge is 0.508 e. The molecule has 0 spiro atoms. The SMILES string of the molecule is O=C(COC(=O)c1ccc(O)cc1O)Nc1ccc(Oc2ccccc2)cc1. The number of hydrogen-bond acceptors (Lipinski definition) is 6. The average molecular weight is 379 g/mol. The fraction of sp³-hybridized carbons (Fsp3) is 0.0476. The number of phenolic OH excluding ortho intramolecular Hbond substituents is 2. The quantitative estimate of drug-likeness (QED) is 0.564. The smallest absolute Gasteiger partial charge is 0.342 e. The molecule has 0 fully saturated rings. The third-order valence-corrected chi connectivity index (χ3v) is 3.65. The molecule has 0 saturated heterocycles. The van der Waals surface area contributed by atoms with Gasteiger partial charge in [0.25, 0.3) is 5.91 Å². The van der Waals surface area contributed by atoms with Gasteiger partial charge in [0, 0.05) is 11.8 Å². The van der Waals surface area contributed by atoms with Gasteiger partial charge >= 0.3 is 5.97 Å². The van der Waals surface area contributed by atoms with Gasteiger partial charge in [-0.1, -0.05) is 18.2 Å². The molecule has 0 radical (unpaired) electrons. The maximum absolute atomic E-state index is 11.9. The second kappa shape index (κ2) is 8.59. The molecule has 142 valence electrons. The molecule has 0 bridgehead atoms. The fourth-order valence-corrected chi connectivity index (χ4v) is 2.33. The number of nitrogens with one attached hydrogen (secondary N) is 1. The van der Waals surface area contributed by atoms with Crippen molar-refractivity contribution in [3.8, 4) is 23.0 Å². The van der Waals surface area contributed by atoms with Gasteiger partial charge in [0.1, 0.15) is 28.6 Å². The third-order valence-electron chi connectivity index (χ3n) is 3.65. The first-order valence-electron chi connectivity index (χ1n) is 8.33. The molecule has 3 aromatic rings. The first-order chi connectivity index (χ1) is 13.5. The van der Waals surface area contributed by atoms with Crippen LogP contribution in [0, 0.1) is 0 Å². The topological polar surface area (TPSA) is 105 Å². The Labute approximate surface area is 160 Å². The molecule has 0 heterocycles. The lowest BCUT2D eigenvalue weighted by Crippen LogP contribution is -2.20. The molecular weight excluding hydrogens is 362 g/mol. The van der Waals surface area contributed by atoms with E-state index in [2.05, 4.69) is 5.32 Å². The highest BCUT2D eigenvalue weighted by Crippen LogP contribution is 2.24. The molecule has 0 atom stereocenters. The number of carbonyl (C=O) groups excluding carboxylic acids is 2. The predicted octanol–water partition coefficient (Wildman–Crippen LogP) is 3.69. The molecule has 3 aromatic carbocycles. The lowest BCUT2D eigenvalue weighted by molar-refractivity contribution is -0.119. The molecule has 3 N–H and O–H groups in total. The van der Waals surface area contributed by atoms with E-state index in [0.717, 1.165) is 6.07 Å².